The molecule has 27 heavy (non-hydrogen) atoms. The summed E-state index contributed by atoms with van der Waals surface area (Å²) in [7, 11) is 0. The smallest absolute Gasteiger partial charge is 0.237 e. The van der Waals surface area contributed by atoms with E-state index in [0.29, 0.717) is 23.7 Å². The molecule has 134 valence electrons. The Morgan fingerprint density at radius 3 is 2.00 bits per heavy atom. The number of aryl methyl sites for hydroxylation is 1. The van der Waals surface area contributed by atoms with E-state index in [4.69, 9.17) is 0 Å². The molecule has 3 saturated carbocycles. The van der Waals surface area contributed by atoms with Crippen molar-refractivity contribution in [3.63, 3.8) is 0 Å². The van der Waals surface area contributed by atoms with Crippen LogP contribution in [0.15, 0.2) is 60.2 Å². The van der Waals surface area contributed by atoms with Crippen molar-refractivity contribution in [1.82, 2.24) is 0 Å². The van der Waals surface area contributed by atoms with Crippen molar-refractivity contribution in [2.45, 2.75) is 13.3 Å². The minimum atomic E-state index is -0.105. The Morgan fingerprint density at radius 1 is 0.815 bits per heavy atom. The molecule has 1 heterocycles. The lowest BCUT2D eigenvalue weighted by Gasteiger charge is -2.18. The molecule has 4 aliphatic rings. The zero-order valence-corrected chi connectivity index (χ0v) is 15.2. The SMILES string of the molecule is Cc1ccc(N2C(=O)[C@@H]3[C@H]4C[C@@H]([C@@H]3C2=O)[C@@H]2C(=Cc3ccccc3)[C@H]42)cc1. The quantitative estimate of drug-likeness (QED) is 0.761. The fourth-order valence-corrected chi connectivity index (χ4v) is 6.20. The second kappa shape index (κ2) is 5.19. The Labute approximate surface area is 158 Å². The van der Waals surface area contributed by atoms with Gasteiger partial charge < -0.3 is 0 Å². The highest BCUT2D eigenvalue weighted by molar-refractivity contribution is 6.22. The fourth-order valence-electron chi connectivity index (χ4n) is 6.20. The van der Waals surface area contributed by atoms with E-state index >= 15 is 0 Å². The number of hydrogen-bond acceptors (Lipinski definition) is 2. The highest BCUT2D eigenvalue weighted by atomic mass is 16.2. The average molecular weight is 355 g/mol. The average Bonchev–Trinajstić information content (AvgIpc) is 2.98. The zero-order chi connectivity index (χ0) is 18.3. The molecule has 6 atom stereocenters. The van der Waals surface area contributed by atoms with E-state index in [1.54, 1.807) is 0 Å². The third-order valence-electron chi connectivity index (χ3n) is 7.26. The minimum Gasteiger partial charge on any atom is -0.274 e. The van der Waals surface area contributed by atoms with Crippen LogP contribution in [-0.4, -0.2) is 11.8 Å². The van der Waals surface area contributed by atoms with Crippen molar-refractivity contribution >= 4 is 23.6 Å². The number of carbonyl (C=O) groups is 2. The van der Waals surface area contributed by atoms with Crippen LogP contribution in [0.5, 0.6) is 0 Å². The maximum atomic E-state index is 13.2. The molecule has 0 spiro atoms. The van der Waals surface area contributed by atoms with Crippen molar-refractivity contribution in [1.29, 1.82) is 0 Å². The topological polar surface area (TPSA) is 37.4 Å². The second-order valence-electron chi connectivity index (χ2n) is 8.57. The summed E-state index contributed by atoms with van der Waals surface area (Å²) in [4.78, 5) is 27.8. The first-order chi connectivity index (χ1) is 13.1. The maximum absolute atomic E-state index is 13.2. The molecule has 4 fully saturated rings. The summed E-state index contributed by atoms with van der Waals surface area (Å²) >= 11 is 0. The van der Waals surface area contributed by atoms with Gasteiger partial charge >= 0.3 is 0 Å². The van der Waals surface area contributed by atoms with Gasteiger partial charge in [0.1, 0.15) is 0 Å². The molecule has 2 aromatic rings. The fraction of sp³-hybridized carbons (Fsp3) is 0.333. The number of imide groups is 1. The molecule has 0 radical (unpaired) electrons. The molecule has 3 aliphatic carbocycles. The van der Waals surface area contributed by atoms with Crippen molar-refractivity contribution in [3.05, 3.63) is 71.3 Å². The summed E-state index contributed by atoms with van der Waals surface area (Å²) in [6.45, 7) is 2.01. The minimum absolute atomic E-state index is 0.0331. The molecular formula is C24H21NO2. The van der Waals surface area contributed by atoms with E-state index in [1.807, 2.05) is 37.3 Å². The Kier molecular flexibility index (Phi) is 2.96. The molecular weight excluding hydrogens is 334 g/mol. The van der Waals surface area contributed by atoms with Crippen LogP contribution in [0, 0.1) is 42.4 Å². The predicted molar refractivity (Wildman–Crippen MR) is 104 cm³/mol. The van der Waals surface area contributed by atoms with Crippen LogP contribution in [0.4, 0.5) is 5.69 Å². The molecule has 3 nitrogen and oxygen atoms in total. The highest BCUT2D eigenvalue weighted by Crippen LogP contribution is 2.74. The number of nitrogens with zero attached hydrogens (tertiary/aromatic N) is 1. The van der Waals surface area contributed by atoms with Crippen molar-refractivity contribution in [2.75, 3.05) is 4.90 Å². The number of allylic oxidation sites excluding steroid dienone is 1. The standard InChI is InChI=1S/C24H21NO2/c1-13-7-9-15(10-8-13)25-23(26)21-17-12-18(22(21)24(25)27)20-16(19(17)20)11-14-5-3-2-4-6-14/h2-11,17-22H,12H2,1H3/t17-,18+,19+,20-,21+,22-. The lowest BCUT2D eigenvalue weighted by molar-refractivity contribution is -0.123. The summed E-state index contributed by atoms with van der Waals surface area (Å²) < 4.78 is 0. The summed E-state index contributed by atoms with van der Waals surface area (Å²) in [6.07, 6.45) is 3.35. The van der Waals surface area contributed by atoms with Crippen LogP contribution in [-0.2, 0) is 9.59 Å². The molecule has 0 unspecified atom stereocenters. The molecule has 1 aliphatic heterocycles. The van der Waals surface area contributed by atoms with Gasteiger partial charge in [0.25, 0.3) is 0 Å². The number of rotatable bonds is 2. The van der Waals surface area contributed by atoms with Crippen LogP contribution in [0.3, 0.4) is 0 Å². The molecule has 2 aromatic carbocycles. The molecule has 2 amide bonds. The van der Waals surface area contributed by atoms with Gasteiger partial charge in [0, 0.05) is 0 Å². The lowest BCUT2D eigenvalue weighted by Crippen LogP contribution is -2.33. The normalized spacial score (nSPS) is 37.1. The van der Waals surface area contributed by atoms with E-state index < -0.39 is 0 Å². The number of fused-ring (bicyclic) bond motifs is 8. The first-order valence-electron chi connectivity index (χ1n) is 9.86. The van der Waals surface area contributed by atoms with Crippen LogP contribution in [0.25, 0.3) is 6.08 Å². The molecule has 2 bridgehead atoms. The van der Waals surface area contributed by atoms with Gasteiger partial charge in [-0.1, -0.05) is 59.7 Å². The van der Waals surface area contributed by atoms with Crippen LogP contribution < -0.4 is 4.90 Å². The van der Waals surface area contributed by atoms with Gasteiger partial charge in [-0.3, -0.25) is 14.5 Å². The van der Waals surface area contributed by atoms with Gasteiger partial charge in [0.2, 0.25) is 11.8 Å². The summed E-state index contributed by atoms with van der Waals surface area (Å²) in [5.41, 5.74) is 4.57. The summed E-state index contributed by atoms with van der Waals surface area (Å²) in [5, 5.41) is 0. The Morgan fingerprint density at radius 2 is 1.41 bits per heavy atom. The third-order valence-corrected chi connectivity index (χ3v) is 7.26. The predicted octanol–water partition coefficient (Wildman–Crippen LogP) is 4.08. The molecule has 0 N–H and O–H groups in total. The number of hydrogen-bond donors (Lipinski definition) is 0. The van der Waals surface area contributed by atoms with Gasteiger partial charge in [0.05, 0.1) is 17.5 Å². The monoisotopic (exact) mass is 355 g/mol. The van der Waals surface area contributed by atoms with E-state index in [2.05, 4.69) is 30.3 Å². The Hall–Kier alpha value is -2.68. The van der Waals surface area contributed by atoms with Crippen molar-refractivity contribution in [2.24, 2.45) is 35.5 Å². The van der Waals surface area contributed by atoms with Gasteiger partial charge in [-0.05, 0) is 54.7 Å². The Balaban J connectivity index is 1.32. The van der Waals surface area contributed by atoms with E-state index in [9.17, 15) is 9.59 Å². The lowest BCUT2D eigenvalue weighted by atomic mass is 9.81. The Bertz CT molecular complexity index is 955. The third kappa shape index (κ3) is 1.97. The summed E-state index contributed by atoms with van der Waals surface area (Å²) in [6, 6.07) is 18.1. The maximum Gasteiger partial charge on any atom is 0.237 e. The molecule has 6 rings (SSSR count). The van der Waals surface area contributed by atoms with Crippen LogP contribution in [0.2, 0.25) is 0 Å². The van der Waals surface area contributed by atoms with Gasteiger partial charge in [0.15, 0.2) is 0 Å². The molecule has 3 heteroatoms. The van der Waals surface area contributed by atoms with Gasteiger partial charge in [-0.25, -0.2) is 0 Å². The highest BCUT2D eigenvalue weighted by Gasteiger charge is 2.74. The molecule has 0 aromatic heterocycles. The number of benzene rings is 2. The van der Waals surface area contributed by atoms with E-state index in [-0.39, 0.29) is 23.7 Å². The first kappa shape index (κ1) is 15.4. The van der Waals surface area contributed by atoms with Crippen molar-refractivity contribution in [3.8, 4) is 0 Å². The van der Waals surface area contributed by atoms with Crippen LogP contribution in [0.1, 0.15) is 17.5 Å². The van der Waals surface area contributed by atoms with Gasteiger partial charge in [-0.2, -0.15) is 0 Å². The molecule has 1 saturated heterocycles. The number of carbonyl (C=O) groups excluding carboxylic acids is 2. The van der Waals surface area contributed by atoms with E-state index in [1.165, 1.54) is 16.0 Å². The zero-order valence-electron chi connectivity index (χ0n) is 15.2. The van der Waals surface area contributed by atoms with Crippen molar-refractivity contribution < 1.29 is 9.59 Å². The van der Waals surface area contributed by atoms with E-state index in [0.717, 1.165) is 17.7 Å². The van der Waals surface area contributed by atoms with Gasteiger partial charge in [-0.15, -0.1) is 0 Å². The second-order valence-corrected chi connectivity index (χ2v) is 8.57. The number of anilines is 1. The first-order valence-corrected chi connectivity index (χ1v) is 9.86. The number of amides is 2. The van der Waals surface area contributed by atoms with Crippen LogP contribution >= 0.6 is 0 Å². The summed E-state index contributed by atoms with van der Waals surface area (Å²) in [5.74, 6) is 1.60. The largest absolute Gasteiger partial charge is 0.274 e.